The summed E-state index contributed by atoms with van der Waals surface area (Å²) in [7, 11) is 3.35. The van der Waals surface area contributed by atoms with Crippen molar-refractivity contribution in [3.05, 3.63) is 0 Å². The minimum atomic E-state index is -0.373. The quantitative estimate of drug-likeness (QED) is 0.617. The minimum absolute atomic E-state index is 0.0194. The number of amides is 1. The Kier molecular flexibility index (Phi) is 6.71. The molecule has 6 heteroatoms. The lowest BCUT2D eigenvalue weighted by molar-refractivity contribution is -0.143. The second kappa shape index (κ2) is 7.84. The lowest BCUT2D eigenvalue weighted by Crippen LogP contribution is -2.36. The van der Waals surface area contributed by atoms with Gasteiger partial charge in [-0.05, 0) is 19.8 Å². The van der Waals surface area contributed by atoms with Crippen LogP contribution in [-0.4, -0.2) is 36.0 Å². The molecule has 92 valence electrons. The average Bonchev–Trinajstić information content (AvgIpc) is 2.55. The van der Waals surface area contributed by atoms with Crippen molar-refractivity contribution >= 4 is 33.5 Å². The highest BCUT2D eigenvalue weighted by Gasteiger charge is 2.21. The molecular weight excluding hydrogens is 246 g/mol. The Morgan fingerprint density at radius 1 is 1.44 bits per heavy atom. The van der Waals surface area contributed by atoms with Crippen molar-refractivity contribution in [2.45, 2.75) is 31.4 Å². The summed E-state index contributed by atoms with van der Waals surface area (Å²) in [5.41, 5.74) is 0. The van der Waals surface area contributed by atoms with Gasteiger partial charge in [-0.15, -0.1) is 0 Å². The molecule has 1 rings (SSSR count). The Balaban J connectivity index is 2.25. The Morgan fingerprint density at radius 3 is 3.00 bits per heavy atom. The molecule has 16 heavy (non-hydrogen) atoms. The van der Waals surface area contributed by atoms with E-state index in [1.54, 1.807) is 28.5 Å². The molecule has 1 aliphatic rings. The van der Waals surface area contributed by atoms with E-state index in [2.05, 4.69) is 5.32 Å². The Morgan fingerprint density at radius 2 is 2.25 bits per heavy atom. The van der Waals surface area contributed by atoms with Crippen LogP contribution in [-0.2, 0) is 14.3 Å². The van der Waals surface area contributed by atoms with Gasteiger partial charge in [0.2, 0.25) is 5.91 Å². The fourth-order valence-electron chi connectivity index (χ4n) is 1.33. The van der Waals surface area contributed by atoms with E-state index in [4.69, 9.17) is 4.74 Å². The Bertz CT molecular complexity index is 240. The van der Waals surface area contributed by atoms with E-state index in [9.17, 15) is 9.59 Å². The van der Waals surface area contributed by atoms with Gasteiger partial charge < -0.3 is 10.1 Å². The summed E-state index contributed by atoms with van der Waals surface area (Å²) in [5.74, 6) is 0.682. The molecule has 1 N–H and O–H groups in total. The second-order valence-electron chi connectivity index (χ2n) is 3.43. The highest BCUT2D eigenvalue weighted by Crippen LogP contribution is 2.34. The van der Waals surface area contributed by atoms with Gasteiger partial charge in [-0.3, -0.25) is 9.59 Å². The van der Waals surface area contributed by atoms with Crippen LogP contribution in [0.15, 0.2) is 0 Å². The number of rotatable bonds is 4. The van der Waals surface area contributed by atoms with E-state index in [0.717, 1.165) is 18.6 Å². The van der Waals surface area contributed by atoms with Crippen molar-refractivity contribution in [3.8, 4) is 0 Å². The van der Waals surface area contributed by atoms with Gasteiger partial charge in [-0.25, -0.2) is 0 Å². The van der Waals surface area contributed by atoms with Crippen molar-refractivity contribution in [2.24, 2.45) is 0 Å². The molecule has 0 aromatic carbocycles. The SMILES string of the molecule is CCOC(=O)CNC(=O)C1CCCCSS1. The molecule has 0 aliphatic carbocycles. The van der Waals surface area contributed by atoms with E-state index in [1.165, 1.54) is 6.42 Å². The standard InChI is InChI=1S/C10H17NO3S2/c1-2-14-9(12)7-11-10(13)8-5-3-4-6-15-16-8/h8H,2-7H2,1H3,(H,11,13). The molecule has 0 radical (unpaired) electrons. The maximum atomic E-state index is 11.7. The van der Waals surface area contributed by atoms with Crippen molar-refractivity contribution in [2.75, 3.05) is 18.9 Å². The summed E-state index contributed by atoms with van der Waals surface area (Å²) in [6.45, 7) is 2.08. The van der Waals surface area contributed by atoms with Gasteiger partial charge in [-0.1, -0.05) is 28.0 Å². The highest BCUT2D eigenvalue weighted by atomic mass is 33.1. The fraction of sp³-hybridized carbons (Fsp3) is 0.800. The molecule has 1 heterocycles. The molecule has 1 atom stereocenters. The van der Waals surface area contributed by atoms with E-state index in [-0.39, 0.29) is 23.7 Å². The summed E-state index contributed by atoms with van der Waals surface area (Å²) >= 11 is 0. The molecule has 1 saturated heterocycles. The fourth-order valence-corrected chi connectivity index (χ4v) is 4.03. The average molecular weight is 263 g/mol. The summed E-state index contributed by atoms with van der Waals surface area (Å²) < 4.78 is 4.74. The molecule has 1 aliphatic heterocycles. The Labute approximate surface area is 104 Å². The predicted octanol–water partition coefficient (Wildman–Crippen LogP) is 1.60. The predicted molar refractivity (Wildman–Crippen MR) is 67.3 cm³/mol. The first kappa shape index (κ1) is 13.7. The minimum Gasteiger partial charge on any atom is -0.465 e. The van der Waals surface area contributed by atoms with E-state index < -0.39 is 0 Å². The monoisotopic (exact) mass is 263 g/mol. The van der Waals surface area contributed by atoms with Gasteiger partial charge in [-0.2, -0.15) is 0 Å². The van der Waals surface area contributed by atoms with Crippen molar-refractivity contribution in [1.29, 1.82) is 0 Å². The van der Waals surface area contributed by atoms with Crippen LogP contribution in [0, 0.1) is 0 Å². The number of esters is 1. The molecule has 4 nitrogen and oxygen atoms in total. The van der Waals surface area contributed by atoms with Crippen LogP contribution < -0.4 is 5.32 Å². The van der Waals surface area contributed by atoms with Gasteiger partial charge in [0.05, 0.1) is 11.9 Å². The molecular formula is C10H17NO3S2. The van der Waals surface area contributed by atoms with Crippen LogP contribution in [0.25, 0.3) is 0 Å². The molecule has 1 fully saturated rings. The first-order chi connectivity index (χ1) is 7.74. The number of ether oxygens (including phenoxy) is 1. The number of nitrogens with one attached hydrogen (secondary N) is 1. The van der Waals surface area contributed by atoms with Crippen LogP contribution in [0.4, 0.5) is 0 Å². The number of carbonyl (C=O) groups excluding carboxylic acids is 2. The second-order valence-corrected chi connectivity index (χ2v) is 6.12. The third-order valence-electron chi connectivity index (χ3n) is 2.13. The van der Waals surface area contributed by atoms with Gasteiger partial charge in [0.15, 0.2) is 0 Å². The van der Waals surface area contributed by atoms with Crippen LogP contribution in [0.2, 0.25) is 0 Å². The first-order valence-corrected chi connectivity index (χ1v) is 7.84. The maximum Gasteiger partial charge on any atom is 0.325 e. The number of carbonyl (C=O) groups is 2. The molecule has 0 aromatic rings. The van der Waals surface area contributed by atoms with Crippen LogP contribution in [0.3, 0.4) is 0 Å². The topological polar surface area (TPSA) is 55.4 Å². The molecule has 0 spiro atoms. The van der Waals surface area contributed by atoms with Crippen molar-refractivity contribution in [1.82, 2.24) is 5.32 Å². The number of hydrogen-bond donors (Lipinski definition) is 1. The lowest BCUT2D eigenvalue weighted by Gasteiger charge is -2.12. The zero-order valence-electron chi connectivity index (χ0n) is 9.36. The maximum absolute atomic E-state index is 11.7. The van der Waals surface area contributed by atoms with Gasteiger partial charge in [0, 0.05) is 5.75 Å². The third-order valence-corrected chi connectivity index (χ3v) is 5.01. The lowest BCUT2D eigenvalue weighted by atomic mass is 10.2. The molecule has 0 saturated carbocycles. The van der Waals surface area contributed by atoms with Crippen LogP contribution >= 0.6 is 21.6 Å². The van der Waals surface area contributed by atoms with Crippen LogP contribution in [0.1, 0.15) is 26.2 Å². The Hall–Kier alpha value is -0.360. The van der Waals surface area contributed by atoms with Gasteiger partial charge in [0.25, 0.3) is 0 Å². The first-order valence-electron chi connectivity index (χ1n) is 5.45. The molecule has 1 unspecified atom stereocenters. The normalized spacial score (nSPS) is 20.9. The smallest absolute Gasteiger partial charge is 0.325 e. The van der Waals surface area contributed by atoms with Gasteiger partial charge >= 0.3 is 5.97 Å². The van der Waals surface area contributed by atoms with Crippen LogP contribution in [0.5, 0.6) is 0 Å². The molecule has 0 bridgehead atoms. The molecule has 1 amide bonds. The summed E-state index contributed by atoms with van der Waals surface area (Å²) in [4.78, 5) is 22.8. The zero-order valence-corrected chi connectivity index (χ0v) is 11.0. The van der Waals surface area contributed by atoms with E-state index >= 15 is 0 Å². The third kappa shape index (κ3) is 5.12. The summed E-state index contributed by atoms with van der Waals surface area (Å²) in [6, 6.07) is 0. The summed E-state index contributed by atoms with van der Waals surface area (Å²) in [6.07, 6.45) is 3.14. The highest BCUT2D eigenvalue weighted by molar-refractivity contribution is 8.77. The summed E-state index contributed by atoms with van der Waals surface area (Å²) in [5, 5.41) is 2.59. The molecule has 0 aromatic heterocycles. The van der Waals surface area contributed by atoms with Crippen molar-refractivity contribution in [3.63, 3.8) is 0 Å². The largest absolute Gasteiger partial charge is 0.465 e. The van der Waals surface area contributed by atoms with Crippen molar-refractivity contribution < 1.29 is 14.3 Å². The zero-order chi connectivity index (χ0) is 11.8. The van der Waals surface area contributed by atoms with E-state index in [1.807, 2.05) is 0 Å². The van der Waals surface area contributed by atoms with Gasteiger partial charge in [0.1, 0.15) is 6.54 Å². The van der Waals surface area contributed by atoms with E-state index in [0.29, 0.717) is 6.61 Å². The number of hydrogen-bond acceptors (Lipinski definition) is 5.